The van der Waals surface area contributed by atoms with Gasteiger partial charge in [0, 0.05) is 31.2 Å². The number of benzene rings is 1. The molecule has 1 aromatic rings. The number of carbonyl (C=O) groups is 2. The van der Waals surface area contributed by atoms with Gasteiger partial charge >= 0.3 is 6.03 Å². The summed E-state index contributed by atoms with van der Waals surface area (Å²) in [6, 6.07) is 4.96. The highest BCUT2D eigenvalue weighted by Crippen LogP contribution is 2.24. The first-order valence-electron chi connectivity index (χ1n) is 8.80. The summed E-state index contributed by atoms with van der Waals surface area (Å²) >= 11 is 6.08. The molecule has 0 atom stereocenters. The minimum atomic E-state index is -0.130. The molecular weight excluding hydrogens is 326 g/mol. The molecular formula is C18H24ClN3O2. The van der Waals surface area contributed by atoms with Gasteiger partial charge in [0.25, 0.3) is 5.91 Å². The van der Waals surface area contributed by atoms with E-state index in [1.165, 1.54) is 12.8 Å². The van der Waals surface area contributed by atoms with E-state index >= 15 is 0 Å². The van der Waals surface area contributed by atoms with Crippen LogP contribution in [0.25, 0.3) is 0 Å². The normalized spacial score (nSPS) is 18.4. The summed E-state index contributed by atoms with van der Waals surface area (Å²) in [5.41, 5.74) is 1.03. The molecule has 24 heavy (non-hydrogen) atoms. The third kappa shape index (κ3) is 4.01. The highest BCUT2D eigenvalue weighted by Gasteiger charge is 2.24. The number of likely N-dealkylation sites (tertiary alicyclic amines) is 2. The molecule has 5 nitrogen and oxygen atoms in total. The predicted molar refractivity (Wildman–Crippen MR) is 95.6 cm³/mol. The first-order valence-corrected chi connectivity index (χ1v) is 9.18. The molecule has 0 aliphatic carbocycles. The Kier molecular flexibility index (Phi) is 5.61. The highest BCUT2D eigenvalue weighted by molar-refractivity contribution is 6.31. The molecule has 0 bridgehead atoms. The first-order chi connectivity index (χ1) is 11.6. The predicted octanol–water partition coefficient (Wildman–Crippen LogP) is 3.98. The Morgan fingerprint density at radius 3 is 2.12 bits per heavy atom. The number of anilines is 1. The zero-order valence-corrected chi connectivity index (χ0v) is 14.6. The largest absolute Gasteiger partial charge is 0.339 e. The molecule has 3 amide bonds. The van der Waals surface area contributed by atoms with Crippen molar-refractivity contribution >= 4 is 29.2 Å². The van der Waals surface area contributed by atoms with Gasteiger partial charge < -0.3 is 15.1 Å². The molecule has 1 aromatic carbocycles. The number of halogens is 1. The van der Waals surface area contributed by atoms with Crippen molar-refractivity contribution in [2.75, 3.05) is 31.5 Å². The number of rotatable bonds is 2. The number of carbonyl (C=O) groups excluding carboxylic acids is 2. The van der Waals surface area contributed by atoms with Crippen LogP contribution in [0, 0.1) is 0 Å². The molecule has 2 saturated heterocycles. The minimum Gasteiger partial charge on any atom is -0.339 e. The van der Waals surface area contributed by atoms with Crippen LogP contribution < -0.4 is 5.32 Å². The summed E-state index contributed by atoms with van der Waals surface area (Å²) in [4.78, 5) is 29.0. The van der Waals surface area contributed by atoms with Gasteiger partial charge in [-0.1, -0.05) is 24.4 Å². The van der Waals surface area contributed by atoms with Crippen LogP contribution in [0.5, 0.6) is 0 Å². The fourth-order valence-electron chi connectivity index (χ4n) is 3.36. The van der Waals surface area contributed by atoms with Gasteiger partial charge in [0.05, 0.1) is 11.3 Å². The molecule has 0 unspecified atom stereocenters. The minimum absolute atomic E-state index is 0.0545. The molecule has 2 fully saturated rings. The lowest BCUT2D eigenvalue weighted by molar-refractivity contribution is 0.0794. The fraction of sp³-hybridized carbons (Fsp3) is 0.556. The third-order valence-electron chi connectivity index (χ3n) is 4.74. The van der Waals surface area contributed by atoms with E-state index < -0.39 is 0 Å². The Morgan fingerprint density at radius 1 is 0.875 bits per heavy atom. The summed E-state index contributed by atoms with van der Waals surface area (Å²) in [6.07, 6.45) is 6.47. The van der Waals surface area contributed by atoms with Gasteiger partial charge in [-0.25, -0.2) is 4.79 Å². The lowest BCUT2D eigenvalue weighted by Gasteiger charge is -2.23. The van der Waals surface area contributed by atoms with Crippen LogP contribution in [0.3, 0.4) is 0 Å². The average molecular weight is 350 g/mol. The number of hydrogen-bond donors (Lipinski definition) is 1. The summed E-state index contributed by atoms with van der Waals surface area (Å²) in [7, 11) is 0. The number of amides is 3. The number of hydrogen-bond acceptors (Lipinski definition) is 2. The first kappa shape index (κ1) is 17.1. The van der Waals surface area contributed by atoms with Crippen molar-refractivity contribution in [1.29, 1.82) is 0 Å². The monoisotopic (exact) mass is 349 g/mol. The summed E-state index contributed by atoms with van der Waals surface area (Å²) in [5.74, 6) is -0.0545. The SMILES string of the molecule is O=C(Nc1ccc(Cl)cc1C(=O)N1CCCC1)N1CCCCCC1. The second-order valence-corrected chi connectivity index (χ2v) is 6.96. The molecule has 3 rings (SSSR count). The molecule has 2 heterocycles. The van der Waals surface area contributed by atoms with Gasteiger partial charge in [-0.15, -0.1) is 0 Å². The van der Waals surface area contributed by atoms with Crippen molar-refractivity contribution in [2.24, 2.45) is 0 Å². The van der Waals surface area contributed by atoms with Gasteiger partial charge in [0.1, 0.15) is 0 Å². The second-order valence-electron chi connectivity index (χ2n) is 6.52. The molecule has 1 N–H and O–H groups in total. The van der Waals surface area contributed by atoms with Crippen LogP contribution in [0.15, 0.2) is 18.2 Å². The summed E-state index contributed by atoms with van der Waals surface area (Å²) in [6.45, 7) is 3.08. The van der Waals surface area contributed by atoms with Gasteiger partial charge in [-0.3, -0.25) is 4.79 Å². The molecule has 2 aliphatic rings. The maximum atomic E-state index is 12.7. The number of nitrogens with one attached hydrogen (secondary N) is 1. The topological polar surface area (TPSA) is 52.7 Å². The van der Waals surface area contributed by atoms with Gasteiger partial charge in [0.15, 0.2) is 0 Å². The maximum absolute atomic E-state index is 12.7. The van der Waals surface area contributed by atoms with E-state index in [1.54, 1.807) is 18.2 Å². The zero-order chi connectivity index (χ0) is 16.9. The summed E-state index contributed by atoms with van der Waals surface area (Å²) in [5, 5.41) is 3.43. The van der Waals surface area contributed by atoms with Crippen molar-refractivity contribution in [3.8, 4) is 0 Å². The van der Waals surface area contributed by atoms with Crippen molar-refractivity contribution in [2.45, 2.75) is 38.5 Å². The fourth-order valence-corrected chi connectivity index (χ4v) is 3.53. The Bertz CT molecular complexity index is 606. The third-order valence-corrected chi connectivity index (χ3v) is 4.98. The van der Waals surface area contributed by atoms with Crippen LogP contribution in [-0.4, -0.2) is 47.9 Å². The summed E-state index contributed by atoms with van der Waals surface area (Å²) < 4.78 is 0. The van der Waals surface area contributed by atoms with E-state index in [1.807, 2.05) is 9.80 Å². The average Bonchev–Trinajstić information content (AvgIpc) is 2.98. The van der Waals surface area contributed by atoms with Crippen molar-refractivity contribution in [3.05, 3.63) is 28.8 Å². The standard InChI is InChI=1S/C18H24ClN3O2/c19-14-7-8-16(15(13-14)17(23)21-9-5-6-10-21)20-18(24)22-11-3-1-2-4-12-22/h7-8,13H,1-6,9-12H2,(H,20,24). The Labute approximate surface area is 147 Å². The van der Waals surface area contributed by atoms with Crippen LogP contribution in [0.4, 0.5) is 10.5 Å². The molecule has 0 radical (unpaired) electrons. The van der Waals surface area contributed by atoms with Gasteiger partial charge in [-0.05, 0) is 43.9 Å². The Balaban J connectivity index is 1.76. The van der Waals surface area contributed by atoms with Gasteiger partial charge in [0.2, 0.25) is 0 Å². The van der Waals surface area contributed by atoms with Crippen LogP contribution >= 0.6 is 11.6 Å². The van der Waals surface area contributed by atoms with Crippen LogP contribution in [0.2, 0.25) is 5.02 Å². The van der Waals surface area contributed by atoms with E-state index in [2.05, 4.69) is 5.32 Å². The Morgan fingerprint density at radius 2 is 1.46 bits per heavy atom. The van der Waals surface area contributed by atoms with Crippen LogP contribution in [-0.2, 0) is 0 Å². The number of urea groups is 1. The van der Waals surface area contributed by atoms with Gasteiger partial charge in [-0.2, -0.15) is 0 Å². The molecule has 130 valence electrons. The Hall–Kier alpha value is -1.75. The number of nitrogens with zero attached hydrogens (tertiary/aromatic N) is 2. The quantitative estimate of drug-likeness (QED) is 0.877. The molecule has 0 aromatic heterocycles. The van der Waals surface area contributed by atoms with E-state index in [0.717, 1.165) is 51.9 Å². The van der Waals surface area contributed by atoms with Crippen LogP contribution in [0.1, 0.15) is 48.9 Å². The van der Waals surface area contributed by atoms with Crippen molar-refractivity contribution in [1.82, 2.24) is 9.80 Å². The molecule has 6 heteroatoms. The molecule has 2 aliphatic heterocycles. The van der Waals surface area contributed by atoms with E-state index in [9.17, 15) is 9.59 Å². The lowest BCUT2D eigenvalue weighted by atomic mass is 10.1. The lowest BCUT2D eigenvalue weighted by Crippen LogP contribution is -2.36. The molecule has 0 spiro atoms. The molecule has 0 saturated carbocycles. The second kappa shape index (κ2) is 7.88. The smallest absolute Gasteiger partial charge is 0.321 e. The van der Waals surface area contributed by atoms with Crippen molar-refractivity contribution in [3.63, 3.8) is 0 Å². The van der Waals surface area contributed by atoms with Crippen molar-refractivity contribution < 1.29 is 9.59 Å². The van der Waals surface area contributed by atoms with E-state index in [4.69, 9.17) is 11.6 Å². The zero-order valence-electron chi connectivity index (χ0n) is 13.9. The van der Waals surface area contributed by atoms with E-state index in [0.29, 0.717) is 16.3 Å². The highest BCUT2D eigenvalue weighted by atomic mass is 35.5. The van der Waals surface area contributed by atoms with E-state index in [-0.39, 0.29) is 11.9 Å². The maximum Gasteiger partial charge on any atom is 0.321 e.